The molecule has 14 aromatic rings. The topological polar surface area (TPSA) is 75.1 Å². The number of halogens is 1. The van der Waals surface area contributed by atoms with Crippen molar-refractivity contribution in [3.8, 4) is 45.3 Å². The first-order valence-electron chi connectivity index (χ1n) is 33.3. The summed E-state index contributed by atoms with van der Waals surface area (Å²) in [5.41, 5.74) is 15.3. The smallest absolute Gasteiger partial charge is 0.405 e. The molecule has 3 fully saturated rings. The van der Waals surface area contributed by atoms with E-state index < -0.39 is 32.3 Å². The molecule has 0 N–H and O–H groups in total. The number of rotatable bonds is 8. The van der Waals surface area contributed by atoms with E-state index in [1.807, 2.05) is 55.4 Å². The van der Waals surface area contributed by atoms with Gasteiger partial charge in [0.2, 0.25) is 0 Å². The normalized spacial score (nSPS) is 17.4. The fourth-order valence-corrected chi connectivity index (χ4v) is 14.0. The Kier molecular flexibility index (Phi) is 15.7. The molecular formula is C82H78B3BrN4O6. The highest BCUT2D eigenvalue weighted by molar-refractivity contribution is 9.10. The predicted molar refractivity (Wildman–Crippen MR) is 402 cm³/mol. The van der Waals surface area contributed by atoms with Crippen molar-refractivity contribution >= 4 is 108 Å². The van der Waals surface area contributed by atoms with Crippen LogP contribution in [0, 0.1) is 0 Å². The van der Waals surface area contributed by atoms with E-state index >= 15 is 0 Å². The maximum Gasteiger partial charge on any atom is 0.494 e. The zero-order valence-corrected chi connectivity index (χ0v) is 58.2. The highest BCUT2D eigenvalue weighted by Crippen LogP contribution is 2.46. The lowest BCUT2D eigenvalue weighted by Crippen LogP contribution is -2.41. The third-order valence-corrected chi connectivity index (χ3v) is 21.3. The van der Waals surface area contributed by atoms with Crippen molar-refractivity contribution in [1.82, 2.24) is 18.3 Å². The maximum atomic E-state index is 6.47. The van der Waals surface area contributed by atoms with E-state index in [-0.39, 0.29) is 22.4 Å². The third-order valence-electron chi connectivity index (χ3n) is 20.8. The van der Waals surface area contributed by atoms with Crippen LogP contribution < -0.4 is 5.46 Å². The molecule has 0 radical (unpaired) electrons. The Balaban J connectivity index is 0.000000128. The van der Waals surface area contributed by atoms with E-state index in [0.29, 0.717) is 0 Å². The SMILES string of the molecule is Brc1ccc2c(c1)c1cc3c(cc(-c4ccccc4)n3-c3ccccc3)cc1n2-c1ccccc1.CC1(C)OB(B2OC(C)(C)C(C)(C)O2)OC1(C)C.CC1(C)OB(c2ccc3c(c2)c2cc4c(cc(-c5ccccc5)n4-c4ccccc4)cc2n3-c2ccccc2)OC1(C)C. The van der Waals surface area contributed by atoms with E-state index in [1.54, 1.807) is 0 Å². The number of fused-ring (bicyclic) bond motifs is 8. The van der Waals surface area contributed by atoms with Gasteiger partial charge in [0.25, 0.3) is 0 Å². The van der Waals surface area contributed by atoms with Gasteiger partial charge < -0.3 is 46.2 Å². The largest absolute Gasteiger partial charge is 0.494 e. The second-order valence-corrected chi connectivity index (χ2v) is 29.5. The Bertz CT molecular complexity index is 5140. The first-order valence-corrected chi connectivity index (χ1v) is 34.1. The van der Waals surface area contributed by atoms with Crippen molar-refractivity contribution < 1.29 is 27.9 Å². The zero-order chi connectivity index (χ0) is 66.7. The second-order valence-electron chi connectivity index (χ2n) is 28.6. The minimum absolute atomic E-state index is 0.360. The summed E-state index contributed by atoms with van der Waals surface area (Å²) in [6.07, 6.45) is 0. The molecule has 0 unspecified atom stereocenters. The molecule has 478 valence electrons. The summed E-state index contributed by atoms with van der Waals surface area (Å²) in [5, 5.41) is 7.27. The summed E-state index contributed by atoms with van der Waals surface area (Å²) < 4.78 is 47.4. The van der Waals surface area contributed by atoms with Gasteiger partial charge in [-0.3, -0.25) is 0 Å². The van der Waals surface area contributed by atoms with E-state index in [0.717, 1.165) is 32.5 Å². The van der Waals surface area contributed by atoms with Crippen molar-refractivity contribution in [2.45, 2.75) is 117 Å². The van der Waals surface area contributed by atoms with Crippen LogP contribution >= 0.6 is 15.9 Å². The average Bonchev–Trinajstić information content (AvgIpc) is 1.57. The van der Waals surface area contributed by atoms with Crippen LogP contribution in [0.15, 0.2) is 259 Å². The number of nitrogens with zero attached hydrogens (tertiary/aromatic N) is 4. The molecule has 0 spiro atoms. The Morgan fingerprint density at radius 1 is 0.271 bits per heavy atom. The van der Waals surface area contributed by atoms with Gasteiger partial charge in [-0.05, 0) is 209 Å². The minimum Gasteiger partial charge on any atom is -0.405 e. The number of hydrogen-bond acceptors (Lipinski definition) is 6. The molecule has 4 aromatic heterocycles. The first-order chi connectivity index (χ1) is 46.0. The molecule has 0 atom stereocenters. The Morgan fingerprint density at radius 3 is 0.938 bits per heavy atom. The molecular weight excluding hydrogens is 1250 g/mol. The third kappa shape index (κ3) is 11.0. The molecule has 3 aliphatic rings. The Hall–Kier alpha value is -8.69. The summed E-state index contributed by atoms with van der Waals surface area (Å²) in [6.45, 7) is 24.6. The van der Waals surface area contributed by atoms with Gasteiger partial charge in [0.1, 0.15) is 0 Å². The van der Waals surface area contributed by atoms with Crippen LogP contribution in [-0.4, -0.2) is 73.0 Å². The highest BCUT2D eigenvalue weighted by atomic mass is 79.9. The summed E-state index contributed by atoms with van der Waals surface area (Å²) in [4.78, 5) is 0. The van der Waals surface area contributed by atoms with E-state index in [4.69, 9.17) is 27.9 Å². The van der Waals surface area contributed by atoms with Gasteiger partial charge >= 0.3 is 21.1 Å². The summed E-state index contributed by atoms with van der Waals surface area (Å²) in [5.74, 6) is 0. The Labute approximate surface area is 571 Å². The van der Waals surface area contributed by atoms with Crippen molar-refractivity contribution in [3.05, 3.63) is 259 Å². The monoisotopic (exact) mass is 1330 g/mol. The molecule has 14 heteroatoms. The Morgan fingerprint density at radius 2 is 0.573 bits per heavy atom. The molecule has 3 saturated heterocycles. The van der Waals surface area contributed by atoms with Gasteiger partial charge in [0.05, 0.1) is 78.1 Å². The highest BCUT2D eigenvalue weighted by Gasteiger charge is 2.64. The molecule has 0 saturated carbocycles. The summed E-state index contributed by atoms with van der Waals surface area (Å²) in [7, 11) is -1.38. The van der Waals surface area contributed by atoms with E-state index in [1.165, 1.54) is 88.1 Å². The lowest BCUT2D eigenvalue weighted by Gasteiger charge is -2.32. The standard InChI is InChI=1S/C38H33BN2O2.C32H21BrN2.C12H24B2O4/c1-37(2)38(3,4)43-39(42-37)28-20-21-33-31(24-28)32-25-35-27(23-36(32)40(33)29-16-10-6-11-17-29)22-34(26-14-8-5-9-15-26)41(35)30-18-12-7-13-19-30;33-24-16-17-29-27(20-24)28-21-31-23(19-32(28)34(29)25-12-6-2-7-13-25)18-30(22-10-4-1-5-11-22)35(31)26-14-8-3-9-15-26;1-9(2)10(3,4)16-13(15-9)14-17-11(5,6)12(7,8)18-14/h5-25H,1-4H3;1-21H;1-8H3. The van der Waals surface area contributed by atoms with Crippen molar-refractivity contribution in [1.29, 1.82) is 0 Å². The van der Waals surface area contributed by atoms with Gasteiger partial charge in [-0.15, -0.1) is 0 Å². The van der Waals surface area contributed by atoms with Crippen LogP contribution in [-0.2, 0) is 27.9 Å². The zero-order valence-electron chi connectivity index (χ0n) is 56.6. The molecule has 10 nitrogen and oxygen atoms in total. The molecule has 10 aromatic carbocycles. The number of hydrogen-bond donors (Lipinski definition) is 0. The van der Waals surface area contributed by atoms with Crippen molar-refractivity contribution in [3.63, 3.8) is 0 Å². The van der Waals surface area contributed by atoms with Crippen LogP contribution in [0.1, 0.15) is 83.1 Å². The van der Waals surface area contributed by atoms with Crippen LogP contribution in [0.25, 0.3) is 111 Å². The molecule has 3 aliphatic heterocycles. The first kappa shape index (κ1) is 63.4. The molecule has 0 amide bonds. The minimum atomic E-state index is -0.476. The van der Waals surface area contributed by atoms with Crippen LogP contribution in [0.5, 0.6) is 0 Å². The molecule has 7 heterocycles. The molecule has 17 rings (SSSR count). The summed E-state index contributed by atoms with van der Waals surface area (Å²) >= 11 is 3.70. The van der Waals surface area contributed by atoms with E-state index in [9.17, 15) is 0 Å². The quantitative estimate of drug-likeness (QED) is 0.141. The van der Waals surface area contributed by atoms with E-state index in [2.05, 4.69) is 317 Å². The molecule has 0 aliphatic carbocycles. The number of para-hydroxylation sites is 4. The lowest BCUT2D eigenvalue weighted by molar-refractivity contribution is 0.00578. The van der Waals surface area contributed by atoms with Crippen LogP contribution in [0.3, 0.4) is 0 Å². The predicted octanol–water partition coefficient (Wildman–Crippen LogP) is 20.1. The number of benzene rings is 10. The fraction of sp³-hybridized carbons (Fsp3) is 0.220. The van der Waals surface area contributed by atoms with Crippen LogP contribution in [0.2, 0.25) is 0 Å². The van der Waals surface area contributed by atoms with Gasteiger partial charge in [-0.2, -0.15) is 0 Å². The average molecular weight is 1330 g/mol. The number of aromatic nitrogens is 4. The van der Waals surface area contributed by atoms with Crippen molar-refractivity contribution in [2.24, 2.45) is 0 Å². The van der Waals surface area contributed by atoms with Gasteiger partial charge in [-0.25, -0.2) is 0 Å². The van der Waals surface area contributed by atoms with Crippen LogP contribution in [0.4, 0.5) is 0 Å². The lowest BCUT2D eigenvalue weighted by atomic mass is 9.49. The molecule has 96 heavy (non-hydrogen) atoms. The van der Waals surface area contributed by atoms with Gasteiger partial charge in [0.15, 0.2) is 0 Å². The summed E-state index contributed by atoms with van der Waals surface area (Å²) in [6, 6.07) is 91.1. The van der Waals surface area contributed by atoms with Gasteiger partial charge in [-0.1, -0.05) is 162 Å². The maximum absolute atomic E-state index is 6.47. The van der Waals surface area contributed by atoms with Gasteiger partial charge in [0, 0.05) is 59.5 Å². The van der Waals surface area contributed by atoms with Crippen molar-refractivity contribution in [2.75, 3.05) is 0 Å². The molecule has 0 bridgehead atoms. The fourth-order valence-electron chi connectivity index (χ4n) is 13.6. The second kappa shape index (κ2) is 23.8.